The fourth-order valence-electron chi connectivity index (χ4n) is 2.08. The van der Waals surface area contributed by atoms with Gasteiger partial charge in [0, 0.05) is 19.1 Å². The van der Waals surface area contributed by atoms with E-state index in [1.807, 2.05) is 0 Å². The van der Waals surface area contributed by atoms with E-state index in [4.69, 9.17) is 14.6 Å². The van der Waals surface area contributed by atoms with Crippen LogP contribution in [0.5, 0.6) is 0 Å². The third kappa shape index (κ3) is 2.89. The molecule has 1 aliphatic rings. The van der Waals surface area contributed by atoms with Gasteiger partial charge in [-0.05, 0) is 24.0 Å². The Morgan fingerprint density at radius 3 is 2.72 bits per heavy atom. The zero-order valence-electron chi connectivity index (χ0n) is 10.4. The van der Waals surface area contributed by atoms with Crippen LogP contribution in [0.3, 0.4) is 0 Å². The van der Waals surface area contributed by atoms with Gasteiger partial charge < -0.3 is 9.31 Å². The molecule has 18 heavy (non-hydrogen) atoms. The van der Waals surface area contributed by atoms with Gasteiger partial charge in [0.25, 0.3) is 0 Å². The Kier molecular flexibility index (Phi) is 4.35. The standard InChI is InChI=1S/C13H15BFNO2/c1-2-3-10-8-17-14(18-9-10)12-5-4-11(7-16)13(15)6-12/h4-6,10H,2-3,8-9H2,1H3. The van der Waals surface area contributed by atoms with Gasteiger partial charge in [-0.2, -0.15) is 5.26 Å². The van der Waals surface area contributed by atoms with E-state index in [1.165, 1.54) is 12.1 Å². The molecule has 0 spiro atoms. The molecule has 0 N–H and O–H groups in total. The number of nitrogens with zero attached hydrogens (tertiary/aromatic N) is 1. The highest BCUT2D eigenvalue weighted by Gasteiger charge is 2.29. The lowest BCUT2D eigenvalue weighted by Gasteiger charge is -2.27. The van der Waals surface area contributed by atoms with Crippen molar-refractivity contribution in [1.82, 2.24) is 0 Å². The van der Waals surface area contributed by atoms with Gasteiger partial charge in [-0.1, -0.05) is 19.4 Å². The fourth-order valence-corrected chi connectivity index (χ4v) is 2.08. The number of benzene rings is 1. The lowest BCUT2D eigenvalue weighted by molar-refractivity contribution is 0.0821. The zero-order valence-corrected chi connectivity index (χ0v) is 10.4. The minimum atomic E-state index is -0.530. The van der Waals surface area contributed by atoms with Crippen LogP contribution in [0.1, 0.15) is 25.3 Å². The summed E-state index contributed by atoms with van der Waals surface area (Å²) < 4.78 is 24.6. The van der Waals surface area contributed by atoms with Crippen molar-refractivity contribution in [2.24, 2.45) is 5.92 Å². The summed E-state index contributed by atoms with van der Waals surface area (Å²) in [5, 5.41) is 8.66. The summed E-state index contributed by atoms with van der Waals surface area (Å²) in [6.07, 6.45) is 2.18. The van der Waals surface area contributed by atoms with Crippen LogP contribution < -0.4 is 5.46 Å². The number of hydrogen-bond acceptors (Lipinski definition) is 3. The van der Waals surface area contributed by atoms with Crippen molar-refractivity contribution in [3.8, 4) is 6.07 Å². The molecule has 0 bridgehead atoms. The summed E-state index contributed by atoms with van der Waals surface area (Å²) in [6.45, 7) is 3.41. The average Bonchev–Trinajstić information content (AvgIpc) is 2.40. The van der Waals surface area contributed by atoms with E-state index in [9.17, 15) is 4.39 Å². The van der Waals surface area contributed by atoms with Crippen LogP contribution in [0.25, 0.3) is 0 Å². The molecule has 0 aromatic heterocycles. The van der Waals surface area contributed by atoms with Gasteiger partial charge in [-0.3, -0.25) is 0 Å². The Morgan fingerprint density at radius 2 is 2.17 bits per heavy atom. The Balaban J connectivity index is 2.02. The highest BCUT2D eigenvalue weighted by atomic mass is 19.1. The Bertz CT molecular complexity index is 453. The number of nitriles is 1. The van der Waals surface area contributed by atoms with E-state index in [0.717, 1.165) is 12.8 Å². The van der Waals surface area contributed by atoms with Gasteiger partial charge >= 0.3 is 7.12 Å². The van der Waals surface area contributed by atoms with Crippen molar-refractivity contribution < 1.29 is 13.7 Å². The second kappa shape index (κ2) is 5.99. The van der Waals surface area contributed by atoms with Crippen LogP contribution in [0.4, 0.5) is 4.39 Å². The number of halogens is 1. The van der Waals surface area contributed by atoms with Gasteiger partial charge in [-0.25, -0.2) is 4.39 Å². The van der Waals surface area contributed by atoms with Crippen LogP contribution >= 0.6 is 0 Å². The van der Waals surface area contributed by atoms with Crippen molar-refractivity contribution in [2.75, 3.05) is 13.2 Å². The van der Waals surface area contributed by atoms with E-state index in [1.54, 1.807) is 12.1 Å². The average molecular weight is 247 g/mol. The lowest BCUT2D eigenvalue weighted by atomic mass is 9.77. The van der Waals surface area contributed by atoms with Crippen LogP contribution in [-0.2, 0) is 9.31 Å². The van der Waals surface area contributed by atoms with Crippen molar-refractivity contribution in [3.63, 3.8) is 0 Å². The van der Waals surface area contributed by atoms with Crippen LogP contribution in [0, 0.1) is 23.1 Å². The topological polar surface area (TPSA) is 42.2 Å². The Labute approximate surface area is 107 Å². The van der Waals surface area contributed by atoms with E-state index in [2.05, 4.69) is 6.92 Å². The Morgan fingerprint density at radius 1 is 1.44 bits per heavy atom. The predicted molar refractivity (Wildman–Crippen MR) is 66.8 cm³/mol. The normalized spacial score (nSPS) is 16.6. The molecule has 1 aromatic rings. The third-order valence-electron chi connectivity index (χ3n) is 3.05. The number of hydrogen-bond donors (Lipinski definition) is 0. The predicted octanol–water partition coefficient (Wildman–Crippen LogP) is 1.86. The smallest absolute Gasteiger partial charge is 0.407 e. The quantitative estimate of drug-likeness (QED) is 0.765. The molecule has 2 rings (SSSR count). The summed E-state index contributed by atoms with van der Waals surface area (Å²) in [6, 6.07) is 6.23. The van der Waals surface area contributed by atoms with Crippen molar-refractivity contribution >= 4 is 12.6 Å². The van der Waals surface area contributed by atoms with Crippen LogP contribution in [0.15, 0.2) is 18.2 Å². The molecule has 0 atom stereocenters. The lowest BCUT2D eigenvalue weighted by Crippen LogP contribution is -2.44. The SMILES string of the molecule is CCCC1COB(c2ccc(C#N)c(F)c2)OC1. The van der Waals surface area contributed by atoms with Gasteiger partial charge in [0.05, 0.1) is 5.56 Å². The second-order valence-electron chi connectivity index (χ2n) is 4.50. The fraction of sp³-hybridized carbons (Fsp3) is 0.462. The summed E-state index contributed by atoms with van der Waals surface area (Å²) in [5.74, 6) is -0.104. The molecule has 1 fully saturated rings. The number of rotatable bonds is 3. The second-order valence-corrected chi connectivity index (χ2v) is 4.50. The molecule has 1 heterocycles. The molecular weight excluding hydrogens is 232 g/mol. The molecule has 0 amide bonds. The maximum absolute atomic E-state index is 13.5. The van der Waals surface area contributed by atoms with Crippen LogP contribution in [-0.4, -0.2) is 20.3 Å². The van der Waals surface area contributed by atoms with E-state index >= 15 is 0 Å². The van der Waals surface area contributed by atoms with Crippen molar-refractivity contribution in [1.29, 1.82) is 5.26 Å². The summed E-state index contributed by atoms with van der Waals surface area (Å²) in [4.78, 5) is 0. The molecular formula is C13H15BFNO2. The summed E-state index contributed by atoms with van der Waals surface area (Å²) in [7, 11) is -0.514. The third-order valence-corrected chi connectivity index (χ3v) is 3.05. The van der Waals surface area contributed by atoms with Crippen molar-refractivity contribution in [2.45, 2.75) is 19.8 Å². The van der Waals surface area contributed by atoms with Crippen LogP contribution in [0.2, 0.25) is 0 Å². The van der Waals surface area contributed by atoms with Gasteiger partial charge in [0.15, 0.2) is 0 Å². The molecule has 3 nitrogen and oxygen atoms in total. The molecule has 94 valence electrons. The molecule has 1 aliphatic heterocycles. The van der Waals surface area contributed by atoms with Gasteiger partial charge in [-0.15, -0.1) is 0 Å². The molecule has 0 saturated carbocycles. The molecule has 1 aromatic carbocycles. The van der Waals surface area contributed by atoms with E-state index in [-0.39, 0.29) is 5.56 Å². The largest absolute Gasteiger partial charge is 0.493 e. The van der Waals surface area contributed by atoms with Crippen molar-refractivity contribution in [3.05, 3.63) is 29.6 Å². The summed E-state index contributed by atoms with van der Waals surface area (Å²) in [5.41, 5.74) is 0.667. The molecule has 0 unspecified atom stereocenters. The minimum Gasteiger partial charge on any atom is -0.407 e. The molecule has 0 radical (unpaired) electrons. The summed E-state index contributed by atoms with van der Waals surface area (Å²) >= 11 is 0. The first-order valence-corrected chi connectivity index (χ1v) is 6.17. The van der Waals surface area contributed by atoms with Gasteiger partial charge in [0.2, 0.25) is 0 Å². The highest BCUT2D eigenvalue weighted by molar-refractivity contribution is 6.61. The maximum Gasteiger partial charge on any atom is 0.493 e. The zero-order chi connectivity index (χ0) is 13.0. The van der Waals surface area contributed by atoms with Gasteiger partial charge in [0.1, 0.15) is 11.9 Å². The molecule has 1 saturated heterocycles. The molecule has 5 heteroatoms. The minimum absolute atomic E-state index is 0.0402. The first-order chi connectivity index (χ1) is 8.74. The van der Waals surface area contributed by atoms with E-state index < -0.39 is 12.9 Å². The highest BCUT2D eigenvalue weighted by Crippen LogP contribution is 2.14. The van der Waals surface area contributed by atoms with E-state index in [0.29, 0.717) is 24.6 Å². The first-order valence-electron chi connectivity index (χ1n) is 6.17. The first kappa shape index (κ1) is 13.1. The maximum atomic E-state index is 13.5. The Hall–Kier alpha value is -1.38. The molecule has 0 aliphatic carbocycles. The monoisotopic (exact) mass is 247 g/mol.